The van der Waals surface area contributed by atoms with Gasteiger partial charge in [0.1, 0.15) is 5.75 Å². The predicted molar refractivity (Wildman–Crippen MR) is 87.7 cm³/mol. The van der Waals surface area contributed by atoms with Crippen LogP contribution in [0.4, 0.5) is 0 Å². The Morgan fingerprint density at radius 2 is 1.68 bits per heavy atom. The fraction of sp³-hybridized carbons (Fsp3) is 0.111. The number of rotatable bonds is 2. The average Bonchev–Trinajstić information content (AvgIpc) is 2.92. The minimum absolute atomic E-state index is 0.875. The van der Waals surface area contributed by atoms with Crippen LogP contribution in [0.5, 0.6) is 5.75 Å². The third kappa shape index (κ3) is 1.77. The fourth-order valence-electron chi connectivity index (χ4n) is 2.93. The van der Waals surface area contributed by atoms with Crippen molar-refractivity contribution in [3.63, 3.8) is 0 Å². The van der Waals surface area contributed by atoms with Crippen molar-refractivity contribution in [1.29, 1.82) is 0 Å². The van der Waals surface area contributed by atoms with E-state index < -0.39 is 0 Å². The van der Waals surface area contributed by atoms with Crippen LogP contribution in [0.15, 0.2) is 54.9 Å². The van der Waals surface area contributed by atoms with E-state index in [1.807, 2.05) is 35.9 Å². The minimum atomic E-state index is 0.875. The van der Waals surface area contributed by atoms with Crippen LogP contribution in [0.1, 0.15) is 5.69 Å². The zero-order valence-corrected chi connectivity index (χ0v) is 12.4. The Morgan fingerprint density at radius 1 is 0.955 bits per heavy atom. The van der Waals surface area contributed by atoms with Crippen LogP contribution in [-0.2, 0) is 0 Å². The molecule has 4 aromatic rings. The van der Waals surface area contributed by atoms with Gasteiger partial charge in [0.05, 0.1) is 24.0 Å². The summed E-state index contributed by atoms with van der Waals surface area (Å²) in [6, 6.07) is 14.2. The molecule has 0 fully saturated rings. The topological polar surface area (TPSA) is 39.9 Å². The van der Waals surface area contributed by atoms with Crippen LogP contribution in [0.25, 0.3) is 27.4 Å². The summed E-state index contributed by atoms with van der Waals surface area (Å²) in [7, 11) is 1.70. The van der Waals surface area contributed by atoms with Crippen molar-refractivity contribution >= 4 is 21.7 Å². The van der Waals surface area contributed by atoms with Gasteiger partial charge in [-0.25, -0.2) is 4.68 Å². The Morgan fingerprint density at radius 3 is 2.41 bits per heavy atom. The highest BCUT2D eigenvalue weighted by molar-refractivity contribution is 6.09. The Balaban J connectivity index is 2.19. The van der Waals surface area contributed by atoms with Crippen molar-refractivity contribution < 1.29 is 4.74 Å². The van der Waals surface area contributed by atoms with E-state index in [9.17, 15) is 0 Å². The molecular formula is C18H15N3O. The summed E-state index contributed by atoms with van der Waals surface area (Å²) in [5, 5.41) is 8.05. The number of hydrogen-bond donors (Lipinski definition) is 0. The Hall–Kier alpha value is -2.88. The van der Waals surface area contributed by atoms with E-state index in [0.29, 0.717) is 0 Å². The third-order valence-corrected chi connectivity index (χ3v) is 3.96. The van der Waals surface area contributed by atoms with Gasteiger partial charge in [-0.15, -0.1) is 0 Å². The molecule has 0 saturated carbocycles. The summed E-state index contributed by atoms with van der Waals surface area (Å²) in [6.07, 6.45) is 3.56. The number of pyridine rings is 1. The van der Waals surface area contributed by atoms with E-state index in [1.54, 1.807) is 19.5 Å². The molecule has 2 heterocycles. The number of methoxy groups -OCH3 is 1. The second-order valence-corrected chi connectivity index (χ2v) is 5.22. The molecule has 22 heavy (non-hydrogen) atoms. The molecule has 4 heteroatoms. The predicted octanol–water partition coefficient (Wildman–Crippen LogP) is 3.89. The molecule has 2 aromatic carbocycles. The van der Waals surface area contributed by atoms with E-state index in [1.165, 1.54) is 0 Å². The van der Waals surface area contributed by atoms with E-state index >= 15 is 0 Å². The molecule has 4 rings (SSSR count). The van der Waals surface area contributed by atoms with Crippen LogP contribution < -0.4 is 4.74 Å². The molecule has 0 aliphatic rings. The third-order valence-electron chi connectivity index (χ3n) is 3.96. The number of fused-ring (bicyclic) bond motifs is 3. The van der Waals surface area contributed by atoms with Crippen LogP contribution in [0, 0.1) is 6.92 Å². The summed E-state index contributed by atoms with van der Waals surface area (Å²) in [5.74, 6) is 0.875. The van der Waals surface area contributed by atoms with E-state index in [0.717, 1.165) is 38.8 Å². The largest absolute Gasteiger partial charge is 0.496 e. The number of aryl methyl sites for hydroxylation is 1. The fourth-order valence-corrected chi connectivity index (χ4v) is 2.93. The Bertz CT molecular complexity index is 974. The van der Waals surface area contributed by atoms with Gasteiger partial charge in [0.15, 0.2) is 0 Å². The molecule has 108 valence electrons. The Kier molecular flexibility index (Phi) is 2.82. The van der Waals surface area contributed by atoms with Crippen molar-refractivity contribution in [1.82, 2.24) is 14.8 Å². The van der Waals surface area contributed by atoms with Crippen molar-refractivity contribution in [2.24, 2.45) is 0 Å². The van der Waals surface area contributed by atoms with Gasteiger partial charge in [0.25, 0.3) is 0 Å². The molecule has 0 atom stereocenters. The maximum Gasteiger partial charge on any atom is 0.127 e. The second kappa shape index (κ2) is 4.84. The first-order valence-electron chi connectivity index (χ1n) is 7.15. The number of aromatic nitrogens is 3. The lowest BCUT2D eigenvalue weighted by Crippen LogP contribution is -1.97. The first kappa shape index (κ1) is 12.8. The Labute approximate surface area is 128 Å². The first-order valence-corrected chi connectivity index (χ1v) is 7.15. The molecule has 0 bridgehead atoms. The molecular weight excluding hydrogens is 274 g/mol. The number of ether oxygens (including phenoxy) is 1. The zero-order valence-electron chi connectivity index (χ0n) is 12.4. The van der Waals surface area contributed by atoms with Crippen LogP contribution in [0.2, 0.25) is 0 Å². The summed E-state index contributed by atoms with van der Waals surface area (Å²) in [5.41, 5.74) is 3.08. The van der Waals surface area contributed by atoms with Gasteiger partial charge in [-0.05, 0) is 25.1 Å². The molecule has 0 N–H and O–H groups in total. The van der Waals surface area contributed by atoms with Crippen molar-refractivity contribution in [3.05, 3.63) is 60.6 Å². The molecule has 0 radical (unpaired) electrons. The maximum absolute atomic E-state index is 5.56. The highest BCUT2D eigenvalue weighted by Gasteiger charge is 2.15. The molecule has 4 nitrogen and oxygen atoms in total. The van der Waals surface area contributed by atoms with Gasteiger partial charge in [0, 0.05) is 28.6 Å². The molecule has 0 aliphatic heterocycles. The van der Waals surface area contributed by atoms with Crippen LogP contribution in [0.3, 0.4) is 0 Å². The van der Waals surface area contributed by atoms with E-state index in [2.05, 4.69) is 23.2 Å². The zero-order chi connectivity index (χ0) is 15.1. The molecule has 0 aliphatic carbocycles. The number of hydrogen-bond acceptors (Lipinski definition) is 3. The summed E-state index contributed by atoms with van der Waals surface area (Å²) in [4.78, 5) is 4.09. The molecule has 2 aromatic heterocycles. The van der Waals surface area contributed by atoms with Gasteiger partial charge < -0.3 is 4.74 Å². The summed E-state index contributed by atoms with van der Waals surface area (Å²) < 4.78 is 7.54. The molecule has 0 unspecified atom stereocenters. The highest BCUT2D eigenvalue weighted by atomic mass is 16.5. The SMILES string of the molecule is COc1cc2c(C)nn(-c3ccncc3)c2c2ccccc12. The van der Waals surface area contributed by atoms with Gasteiger partial charge >= 0.3 is 0 Å². The second-order valence-electron chi connectivity index (χ2n) is 5.22. The number of nitrogens with zero attached hydrogens (tertiary/aromatic N) is 3. The lowest BCUT2D eigenvalue weighted by molar-refractivity contribution is 0.420. The quantitative estimate of drug-likeness (QED) is 0.562. The van der Waals surface area contributed by atoms with Crippen LogP contribution >= 0.6 is 0 Å². The molecule has 0 amide bonds. The van der Waals surface area contributed by atoms with Gasteiger partial charge in [-0.1, -0.05) is 24.3 Å². The highest BCUT2D eigenvalue weighted by Crippen LogP contribution is 2.35. The lowest BCUT2D eigenvalue weighted by atomic mass is 10.0. The van der Waals surface area contributed by atoms with E-state index in [4.69, 9.17) is 9.84 Å². The standard InChI is InChI=1S/C18H15N3O/c1-12-16-11-17(22-2)14-5-3-4-6-15(14)18(16)21(20-12)13-7-9-19-10-8-13/h3-11H,1-2H3. The van der Waals surface area contributed by atoms with E-state index in [-0.39, 0.29) is 0 Å². The van der Waals surface area contributed by atoms with Crippen molar-refractivity contribution in [3.8, 4) is 11.4 Å². The van der Waals surface area contributed by atoms with Crippen LogP contribution in [-0.4, -0.2) is 21.9 Å². The minimum Gasteiger partial charge on any atom is -0.496 e. The van der Waals surface area contributed by atoms with Crippen molar-refractivity contribution in [2.45, 2.75) is 6.92 Å². The number of benzene rings is 2. The smallest absolute Gasteiger partial charge is 0.127 e. The summed E-state index contributed by atoms with van der Waals surface area (Å²) in [6.45, 7) is 2.02. The van der Waals surface area contributed by atoms with Gasteiger partial charge in [-0.3, -0.25) is 4.98 Å². The maximum atomic E-state index is 5.56. The normalized spacial score (nSPS) is 11.2. The first-order chi connectivity index (χ1) is 10.8. The lowest BCUT2D eigenvalue weighted by Gasteiger charge is -2.09. The summed E-state index contributed by atoms with van der Waals surface area (Å²) >= 11 is 0. The van der Waals surface area contributed by atoms with Gasteiger partial charge in [-0.2, -0.15) is 5.10 Å². The molecule has 0 saturated heterocycles. The monoisotopic (exact) mass is 289 g/mol. The molecule has 0 spiro atoms. The van der Waals surface area contributed by atoms with Crippen molar-refractivity contribution in [2.75, 3.05) is 7.11 Å². The average molecular weight is 289 g/mol. The van der Waals surface area contributed by atoms with Gasteiger partial charge in [0.2, 0.25) is 0 Å².